The lowest BCUT2D eigenvalue weighted by Crippen LogP contribution is -2.46. The van der Waals surface area contributed by atoms with E-state index >= 15 is 0 Å². The molecule has 2 aliphatic rings. The van der Waals surface area contributed by atoms with Crippen LogP contribution in [0.3, 0.4) is 0 Å². The van der Waals surface area contributed by atoms with Crippen LogP contribution in [0.15, 0.2) is 29.2 Å². The van der Waals surface area contributed by atoms with Gasteiger partial charge in [0.2, 0.25) is 5.91 Å². The molecule has 2 N–H and O–H groups in total. The zero-order chi connectivity index (χ0) is 16.6. The molecule has 6 nitrogen and oxygen atoms in total. The first-order valence-corrected chi connectivity index (χ1v) is 8.74. The maximum absolute atomic E-state index is 12.5. The molecule has 1 aliphatic heterocycles. The van der Waals surface area contributed by atoms with Gasteiger partial charge in [-0.1, -0.05) is 6.07 Å². The third kappa shape index (κ3) is 3.06. The van der Waals surface area contributed by atoms with Crippen molar-refractivity contribution in [2.45, 2.75) is 30.2 Å². The number of imide groups is 1. The molecule has 1 unspecified atom stereocenters. The van der Waals surface area contributed by atoms with Crippen LogP contribution in [0, 0.1) is 5.92 Å². The molecule has 122 valence electrons. The fourth-order valence-corrected chi connectivity index (χ4v) is 3.30. The van der Waals surface area contributed by atoms with Gasteiger partial charge in [0.1, 0.15) is 12.1 Å². The average molecular weight is 333 g/mol. The number of nitrogens with zero attached hydrogens (tertiary/aromatic N) is 1. The van der Waals surface area contributed by atoms with Crippen molar-refractivity contribution < 1.29 is 14.4 Å². The maximum Gasteiger partial charge on any atom is 0.325 e. The SMILES string of the molecule is CSc1cccc(NC(=O)CN2C(=O)NC(C)(C3CC3)C2=O)c1. The second-order valence-electron chi connectivity index (χ2n) is 6.08. The van der Waals surface area contributed by atoms with Gasteiger partial charge in [-0.15, -0.1) is 11.8 Å². The van der Waals surface area contributed by atoms with E-state index in [1.165, 1.54) is 0 Å². The van der Waals surface area contributed by atoms with Crippen LogP contribution in [-0.4, -0.2) is 41.1 Å². The Morgan fingerprint density at radius 1 is 1.43 bits per heavy atom. The normalized spacial score (nSPS) is 23.8. The molecule has 1 aromatic carbocycles. The second-order valence-corrected chi connectivity index (χ2v) is 6.96. The van der Waals surface area contributed by atoms with Gasteiger partial charge in [-0.05, 0) is 50.1 Å². The van der Waals surface area contributed by atoms with Crippen molar-refractivity contribution in [3.8, 4) is 0 Å². The minimum atomic E-state index is -0.851. The number of rotatable bonds is 5. The Balaban J connectivity index is 1.65. The number of hydrogen-bond acceptors (Lipinski definition) is 4. The van der Waals surface area contributed by atoms with E-state index < -0.39 is 11.6 Å². The highest BCUT2D eigenvalue weighted by Crippen LogP contribution is 2.42. The van der Waals surface area contributed by atoms with E-state index in [4.69, 9.17) is 0 Å². The zero-order valence-electron chi connectivity index (χ0n) is 13.1. The standard InChI is InChI=1S/C16H19N3O3S/c1-16(10-6-7-10)14(21)19(15(22)18-16)9-13(20)17-11-4-3-5-12(8-11)23-2/h3-5,8,10H,6-7,9H2,1-2H3,(H,17,20)(H,18,22). The first-order valence-electron chi connectivity index (χ1n) is 7.52. The van der Waals surface area contributed by atoms with E-state index in [1.54, 1.807) is 24.8 Å². The lowest BCUT2D eigenvalue weighted by atomic mass is 9.96. The second kappa shape index (κ2) is 5.88. The topological polar surface area (TPSA) is 78.5 Å². The first-order chi connectivity index (χ1) is 10.9. The molecule has 1 atom stereocenters. The summed E-state index contributed by atoms with van der Waals surface area (Å²) in [7, 11) is 0. The van der Waals surface area contributed by atoms with E-state index in [1.807, 2.05) is 24.5 Å². The molecular formula is C16H19N3O3S. The molecule has 0 aromatic heterocycles. The molecule has 2 fully saturated rings. The van der Waals surface area contributed by atoms with Gasteiger partial charge in [0.05, 0.1) is 0 Å². The molecule has 1 saturated carbocycles. The van der Waals surface area contributed by atoms with Gasteiger partial charge in [0.25, 0.3) is 5.91 Å². The van der Waals surface area contributed by atoms with E-state index in [2.05, 4.69) is 10.6 Å². The molecule has 1 saturated heterocycles. The van der Waals surface area contributed by atoms with Crippen molar-refractivity contribution in [3.63, 3.8) is 0 Å². The fraction of sp³-hybridized carbons (Fsp3) is 0.438. The van der Waals surface area contributed by atoms with Crippen molar-refractivity contribution in [1.29, 1.82) is 0 Å². The van der Waals surface area contributed by atoms with Crippen LogP contribution >= 0.6 is 11.8 Å². The molecule has 3 rings (SSSR count). The first kappa shape index (κ1) is 15.9. The number of urea groups is 1. The number of nitrogens with one attached hydrogen (secondary N) is 2. The van der Waals surface area contributed by atoms with Crippen molar-refractivity contribution in [1.82, 2.24) is 10.2 Å². The minimum Gasteiger partial charge on any atom is -0.324 e. The largest absolute Gasteiger partial charge is 0.325 e. The number of benzene rings is 1. The predicted octanol–water partition coefficient (Wildman–Crippen LogP) is 2.07. The smallest absolute Gasteiger partial charge is 0.324 e. The molecule has 1 heterocycles. The predicted molar refractivity (Wildman–Crippen MR) is 88.2 cm³/mol. The summed E-state index contributed by atoms with van der Waals surface area (Å²) in [6, 6.07) is 6.93. The highest BCUT2D eigenvalue weighted by atomic mass is 32.2. The molecule has 7 heteroatoms. The molecule has 1 aliphatic carbocycles. The van der Waals surface area contributed by atoms with Crippen molar-refractivity contribution >= 4 is 35.3 Å². The molecule has 0 spiro atoms. The molecule has 0 radical (unpaired) electrons. The van der Waals surface area contributed by atoms with Gasteiger partial charge < -0.3 is 10.6 Å². The molecular weight excluding hydrogens is 314 g/mol. The Hall–Kier alpha value is -2.02. The highest BCUT2D eigenvalue weighted by Gasteiger charge is 2.56. The van der Waals surface area contributed by atoms with Crippen LogP contribution in [0.4, 0.5) is 10.5 Å². The number of hydrogen-bond donors (Lipinski definition) is 2. The zero-order valence-corrected chi connectivity index (χ0v) is 13.9. The van der Waals surface area contributed by atoms with Gasteiger partial charge in [-0.25, -0.2) is 4.79 Å². The molecule has 4 amide bonds. The summed E-state index contributed by atoms with van der Waals surface area (Å²) in [6.45, 7) is 1.47. The number of amides is 4. The van der Waals surface area contributed by atoms with Gasteiger partial charge in [-0.2, -0.15) is 0 Å². The monoisotopic (exact) mass is 333 g/mol. The lowest BCUT2D eigenvalue weighted by molar-refractivity contribution is -0.134. The average Bonchev–Trinajstić information content (AvgIpc) is 3.34. The van der Waals surface area contributed by atoms with Crippen LogP contribution in [0.25, 0.3) is 0 Å². The fourth-order valence-electron chi connectivity index (χ4n) is 2.84. The third-order valence-corrected chi connectivity index (χ3v) is 5.08. The summed E-state index contributed by atoms with van der Waals surface area (Å²) in [4.78, 5) is 38.7. The van der Waals surface area contributed by atoms with Crippen molar-refractivity contribution in [2.75, 3.05) is 18.1 Å². The van der Waals surface area contributed by atoms with Gasteiger partial charge >= 0.3 is 6.03 Å². The minimum absolute atomic E-state index is 0.185. The van der Waals surface area contributed by atoms with E-state index in [0.717, 1.165) is 22.6 Å². The third-order valence-electron chi connectivity index (χ3n) is 4.35. The van der Waals surface area contributed by atoms with Gasteiger partial charge in [0, 0.05) is 10.6 Å². The van der Waals surface area contributed by atoms with Crippen molar-refractivity contribution in [2.24, 2.45) is 5.92 Å². The van der Waals surface area contributed by atoms with Crippen molar-refractivity contribution in [3.05, 3.63) is 24.3 Å². The summed E-state index contributed by atoms with van der Waals surface area (Å²) >= 11 is 1.57. The van der Waals surface area contributed by atoms with E-state index in [0.29, 0.717) is 5.69 Å². The molecule has 0 bridgehead atoms. The lowest BCUT2D eigenvalue weighted by Gasteiger charge is -2.20. The van der Waals surface area contributed by atoms with E-state index in [9.17, 15) is 14.4 Å². The van der Waals surface area contributed by atoms with Crippen LogP contribution in [0.2, 0.25) is 0 Å². The Labute approximate surface area is 139 Å². The quantitative estimate of drug-likeness (QED) is 0.639. The molecule has 23 heavy (non-hydrogen) atoms. The Morgan fingerprint density at radius 2 is 2.17 bits per heavy atom. The Kier molecular flexibility index (Phi) is 4.06. The Morgan fingerprint density at radius 3 is 2.83 bits per heavy atom. The van der Waals surface area contributed by atoms with E-state index in [-0.39, 0.29) is 24.3 Å². The van der Waals surface area contributed by atoms with Crippen LogP contribution in [0.1, 0.15) is 19.8 Å². The van der Waals surface area contributed by atoms with Crippen LogP contribution in [0.5, 0.6) is 0 Å². The maximum atomic E-state index is 12.5. The number of anilines is 1. The number of thioether (sulfide) groups is 1. The number of carbonyl (C=O) groups excluding carboxylic acids is 3. The summed E-state index contributed by atoms with van der Waals surface area (Å²) in [5.74, 6) is -0.505. The highest BCUT2D eigenvalue weighted by molar-refractivity contribution is 7.98. The summed E-state index contributed by atoms with van der Waals surface area (Å²) < 4.78 is 0. The summed E-state index contributed by atoms with van der Waals surface area (Å²) in [5, 5.41) is 5.46. The number of carbonyl (C=O) groups is 3. The Bertz CT molecular complexity index is 674. The van der Waals surface area contributed by atoms with Gasteiger partial charge in [-0.3, -0.25) is 14.5 Å². The van der Waals surface area contributed by atoms with Gasteiger partial charge in [0.15, 0.2) is 0 Å². The molecule has 1 aromatic rings. The summed E-state index contributed by atoms with van der Waals surface area (Å²) in [5.41, 5.74) is -0.199. The van der Waals surface area contributed by atoms with Crippen LogP contribution < -0.4 is 10.6 Å². The van der Waals surface area contributed by atoms with Crippen LogP contribution in [-0.2, 0) is 9.59 Å². The summed E-state index contributed by atoms with van der Waals surface area (Å²) in [6.07, 6.45) is 3.82.